The lowest BCUT2D eigenvalue weighted by Gasteiger charge is -2.16. The maximum atomic E-state index is 12.0. The maximum absolute atomic E-state index is 12.0. The minimum absolute atomic E-state index is 0.141. The molecule has 1 atom stereocenters. The van der Waals surface area contributed by atoms with Gasteiger partial charge < -0.3 is 5.32 Å². The van der Waals surface area contributed by atoms with Crippen LogP contribution in [-0.2, 0) is 16.6 Å². The summed E-state index contributed by atoms with van der Waals surface area (Å²) in [5.74, 6) is 0. The molecule has 0 saturated carbocycles. The first-order valence-electron chi connectivity index (χ1n) is 7.55. The van der Waals surface area contributed by atoms with E-state index in [1.54, 1.807) is 12.1 Å². The van der Waals surface area contributed by atoms with E-state index >= 15 is 0 Å². The van der Waals surface area contributed by atoms with Crippen LogP contribution < -0.4 is 5.32 Å². The fraction of sp³-hybridized carbons (Fsp3) is 0.438. The van der Waals surface area contributed by atoms with E-state index in [4.69, 9.17) is 0 Å². The second kappa shape index (κ2) is 7.25. The molecule has 0 aliphatic heterocycles. The molecule has 0 amide bonds. The van der Waals surface area contributed by atoms with Gasteiger partial charge in [-0.05, 0) is 37.1 Å². The highest BCUT2D eigenvalue weighted by Gasteiger charge is 2.17. The summed E-state index contributed by atoms with van der Waals surface area (Å²) in [6.45, 7) is 5.66. The summed E-state index contributed by atoms with van der Waals surface area (Å²) in [4.78, 5) is 0.311. The molecule has 1 heterocycles. The zero-order chi connectivity index (χ0) is 17.0. The molecule has 0 aliphatic carbocycles. The second-order valence-electron chi connectivity index (χ2n) is 5.81. The Kier molecular flexibility index (Phi) is 5.56. The summed E-state index contributed by atoms with van der Waals surface area (Å²) >= 11 is 0. The average Bonchev–Trinajstić information content (AvgIpc) is 2.92. The Labute approximate surface area is 138 Å². The van der Waals surface area contributed by atoms with Crippen molar-refractivity contribution in [2.75, 3.05) is 20.6 Å². The molecule has 0 spiro atoms. The van der Waals surface area contributed by atoms with E-state index in [-0.39, 0.29) is 6.04 Å². The van der Waals surface area contributed by atoms with Crippen molar-refractivity contribution in [1.29, 1.82) is 0 Å². The van der Waals surface area contributed by atoms with Gasteiger partial charge in [0, 0.05) is 32.9 Å². The van der Waals surface area contributed by atoms with Crippen molar-refractivity contribution in [2.24, 2.45) is 0 Å². The highest BCUT2D eigenvalue weighted by molar-refractivity contribution is 7.89. The van der Waals surface area contributed by atoms with Crippen LogP contribution in [0.3, 0.4) is 0 Å². The van der Waals surface area contributed by atoms with Crippen LogP contribution in [0, 0.1) is 6.92 Å². The summed E-state index contributed by atoms with van der Waals surface area (Å²) in [5, 5.41) is 7.66. The van der Waals surface area contributed by atoms with Gasteiger partial charge >= 0.3 is 0 Å². The standard InChI is InChI=1S/C16H24N4O2S/c1-13-11-18-20(12-13)10-9-17-14(2)15-5-7-16(8-6-15)23(21,22)19(3)4/h5-8,11-12,14,17H,9-10H2,1-4H3. The first-order valence-corrected chi connectivity index (χ1v) is 8.99. The van der Waals surface area contributed by atoms with E-state index in [1.807, 2.05) is 36.1 Å². The molecule has 0 fully saturated rings. The SMILES string of the molecule is Cc1cnn(CCNC(C)c2ccc(S(=O)(=O)N(C)C)cc2)c1. The molecule has 1 unspecified atom stereocenters. The normalized spacial score (nSPS) is 13.4. The number of rotatable bonds is 7. The molecular formula is C16H24N4O2S. The third-order valence-electron chi connectivity index (χ3n) is 3.71. The van der Waals surface area contributed by atoms with Crippen LogP contribution in [0.4, 0.5) is 0 Å². The van der Waals surface area contributed by atoms with Gasteiger partial charge in [-0.1, -0.05) is 12.1 Å². The Hall–Kier alpha value is -1.70. The van der Waals surface area contributed by atoms with Crippen molar-refractivity contribution < 1.29 is 8.42 Å². The van der Waals surface area contributed by atoms with Crippen LogP contribution in [0.15, 0.2) is 41.6 Å². The first kappa shape index (κ1) is 17.7. The fourth-order valence-corrected chi connectivity index (χ4v) is 3.14. The summed E-state index contributed by atoms with van der Waals surface area (Å²) in [6, 6.07) is 7.15. The van der Waals surface area contributed by atoms with Crippen LogP contribution >= 0.6 is 0 Å². The van der Waals surface area contributed by atoms with Gasteiger partial charge in [0.05, 0.1) is 17.6 Å². The van der Waals surface area contributed by atoms with Gasteiger partial charge in [-0.3, -0.25) is 4.68 Å². The average molecular weight is 336 g/mol. The van der Waals surface area contributed by atoms with Gasteiger partial charge in [-0.25, -0.2) is 12.7 Å². The van der Waals surface area contributed by atoms with Crippen LogP contribution in [0.5, 0.6) is 0 Å². The van der Waals surface area contributed by atoms with E-state index in [0.29, 0.717) is 4.90 Å². The van der Waals surface area contributed by atoms with Crippen molar-refractivity contribution >= 4 is 10.0 Å². The van der Waals surface area contributed by atoms with Gasteiger partial charge in [-0.15, -0.1) is 0 Å². The van der Waals surface area contributed by atoms with Crippen molar-refractivity contribution in [1.82, 2.24) is 19.4 Å². The lowest BCUT2D eigenvalue weighted by Crippen LogP contribution is -2.24. The lowest BCUT2D eigenvalue weighted by molar-refractivity contribution is 0.506. The third kappa shape index (κ3) is 4.40. The monoisotopic (exact) mass is 336 g/mol. The maximum Gasteiger partial charge on any atom is 0.242 e. The van der Waals surface area contributed by atoms with Gasteiger partial charge in [0.1, 0.15) is 0 Å². The largest absolute Gasteiger partial charge is 0.308 e. The molecule has 0 saturated heterocycles. The lowest BCUT2D eigenvalue weighted by atomic mass is 10.1. The second-order valence-corrected chi connectivity index (χ2v) is 7.96. The van der Waals surface area contributed by atoms with E-state index in [2.05, 4.69) is 17.3 Å². The fourth-order valence-electron chi connectivity index (χ4n) is 2.24. The van der Waals surface area contributed by atoms with Gasteiger partial charge in [-0.2, -0.15) is 5.10 Å². The number of benzene rings is 1. The molecule has 0 aliphatic rings. The van der Waals surface area contributed by atoms with E-state index < -0.39 is 10.0 Å². The highest BCUT2D eigenvalue weighted by atomic mass is 32.2. The predicted molar refractivity (Wildman–Crippen MR) is 90.7 cm³/mol. The molecule has 1 N–H and O–H groups in total. The Balaban J connectivity index is 1.93. The van der Waals surface area contributed by atoms with Crippen LogP contribution in [0.2, 0.25) is 0 Å². The van der Waals surface area contributed by atoms with Crippen molar-refractivity contribution in [3.63, 3.8) is 0 Å². The number of nitrogens with one attached hydrogen (secondary N) is 1. The molecular weight excluding hydrogens is 312 g/mol. The number of sulfonamides is 1. The van der Waals surface area contributed by atoms with Gasteiger partial charge in [0.15, 0.2) is 0 Å². The molecule has 2 rings (SSSR count). The van der Waals surface area contributed by atoms with Crippen molar-refractivity contribution in [3.8, 4) is 0 Å². The number of hydrogen-bond donors (Lipinski definition) is 1. The van der Waals surface area contributed by atoms with Crippen molar-refractivity contribution in [3.05, 3.63) is 47.8 Å². The Morgan fingerprint density at radius 1 is 1.26 bits per heavy atom. The summed E-state index contributed by atoms with van der Waals surface area (Å²) in [6.07, 6.45) is 3.85. The number of nitrogens with zero attached hydrogens (tertiary/aromatic N) is 3. The quantitative estimate of drug-likeness (QED) is 0.837. The molecule has 0 radical (unpaired) electrons. The number of aryl methyl sites for hydroxylation is 1. The highest BCUT2D eigenvalue weighted by Crippen LogP contribution is 2.18. The van der Waals surface area contributed by atoms with E-state index in [1.165, 1.54) is 18.4 Å². The van der Waals surface area contributed by atoms with Crippen LogP contribution in [-0.4, -0.2) is 43.1 Å². The molecule has 23 heavy (non-hydrogen) atoms. The van der Waals surface area contributed by atoms with Crippen LogP contribution in [0.25, 0.3) is 0 Å². The van der Waals surface area contributed by atoms with E-state index in [9.17, 15) is 8.42 Å². The van der Waals surface area contributed by atoms with Crippen LogP contribution in [0.1, 0.15) is 24.1 Å². The summed E-state index contributed by atoms with van der Waals surface area (Å²) < 4.78 is 27.2. The zero-order valence-corrected chi connectivity index (χ0v) is 14.8. The van der Waals surface area contributed by atoms with Gasteiger partial charge in [0.2, 0.25) is 10.0 Å². The molecule has 126 valence electrons. The van der Waals surface area contributed by atoms with Crippen molar-refractivity contribution in [2.45, 2.75) is 31.3 Å². The number of hydrogen-bond acceptors (Lipinski definition) is 4. The molecule has 1 aromatic heterocycles. The Morgan fingerprint density at radius 2 is 1.91 bits per heavy atom. The zero-order valence-electron chi connectivity index (χ0n) is 14.0. The molecule has 0 bridgehead atoms. The Bertz CT molecular complexity index is 736. The first-order chi connectivity index (χ1) is 10.8. The predicted octanol–water partition coefficient (Wildman–Crippen LogP) is 1.79. The molecule has 2 aromatic rings. The molecule has 1 aromatic carbocycles. The van der Waals surface area contributed by atoms with Gasteiger partial charge in [0.25, 0.3) is 0 Å². The van der Waals surface area contributed by atoms with E-state index in [0.717, 1.165) is 24.2 Å². The molecule has 6 nitrogen and oxygen atoms in total. The minimum Gasteiger partial charge on any atom is -0.308 e. The topological polar surface area (TPSA) is 67.2 Å². The Morgan fingerprint density at radius 3 is 2.43 bits per heavy atom. The summed E-state index contributed by atoms with van der Waals surface area (Å²) in [7, 11) is -0.304. The minimum atomic E-state index is -3.37. The summed E-state index contributed by atoms with van der Waals surface area (Å²) in [5.41, 5.74) is 2.20. The molecule has 7 heteroatoms. The number of aromatic nitrogens is 2. The third-order valence-corrected chi connectivity index (χ3v) is 5.54. The smallest absolute Gasteiger partial charge is 0.242 e.